The summed E-state index contributed by atoms with van der Waals surface area (Å²) in [6.45, 7) is 1.38. The summed E-state index contributed by atoms with van der Waals surface area (Å²) < 4.78 is 10.8. The first-order chi connectivity index (χ1) is 14.5. The van der Waals surface area contributed by atoms with Gasteiger partial charge in [0.2, 0.25) is 5.91 Å². The highest BCUT2D eigenvalue weighted by atomic mass is 16.5. The number of benzene rings is 3. The third kappa shape index (κ3) is 6.21. The smallest absolute Gasteiger partial charge is 0.334 e. The maximum absolute atomic E-state index is 12.7. The van der Waals surface area contributed by atoms with Gasteiger partial charge in [-0.05, 0) is 47.4 Å². The molecule has 1 amide bonds. The standard InChI is InChI=1S/C25H25NO4/c1-18(27)26-24(17-21-9-6-10-23(16-21)29-2)25(28)30-22-13-11-20(12-14-22)15-19-7-4-3-5-8-19/h3-14,16,24H,15,17H2,1-2H3,(H,26,27). The predicted molar refractivity (Wildman–Crippen MR) is 116 cm³/mol. The predicted octanol–water partition coefficient (Wildman–Crippen LogP) is 3.94. The molecule has 0 saturated carbocycles. The summed E-state index contributed by atoms with van der Waals surface area (Å²) in [7, 11) is 1.58. The van der Waals surface area contributed by atoms with Crippen LogP contribution in [0.5, 0.6) is 11.5 Å². The molecule has 1 N–H and O–H groups in total. The number of carbonyl (C=O) groups is 2. The van der Waals surface area contributed by atoms with Gasteiger partial charge in [-0.3, -0.25) is 4.79 Å². The molecule has 3 rings (SSSR count). The molecule has 0 fully saturated rings. The van der Waals surface area contributed by atoms with Crippen LogP contribution in [-0.2, 0) is 22.4 Å². The summed E-state index contributed by atoms with van der Waals surface area (Å²) >= 11 is 0. The topological polar surface area (TPSA) is 64.6 Å². The molecule has 0 aromatic heterocycles. The van der Waals surface area contributed by atoms with E-state index in [4.69, 9.17) is 9.47 Å². The molecule has 1 atom stereocenters. The summed E-state index contributed by atoms with van der Waals surface area (Å²) in [6, 6.07) is 24.2. The Labute approximate surface area is 176 Å². The molecule has 1 unspecified atom stereocenters. The molecule has 0 aliphatic carbocycles. The zero-order valence-corrected chi connectivity index (χ0v) is 17.1. The van der Waals surface area contributed by atoms with Gasteiger partial charge in [0, 0.05) is 13.3 Å². The highest BCUT2D eigenvalue weighted by Gasteiger charge is 2.22. The average Bonchev–Trinajstić information content (AvgIpc) is 2.75. The van der Waals surface area contributed by atoms with E-state index in [-0.39, 0.29) is 5.91 Å². The van der Waals surface area contributed by atoms with Crippen LogP contribution < -0.4 is 14.8 Å². The number of hydrogen-bond acceptors (Lipinski definition) is 4. The zero-order valence-electron chi connectivity index (χ0n) is 17.1. The number of nitrogens with one attached hydrogen (secondary N) is 1. The van der Waals surface area contributed by atoms with Gasteiger partial charge in [0.1, 0.15) is 17.5 Å². The fourth-order valence-electron chi connectivity index (χ4n) is 3.17. The number of hydrogen-bond donors (Lipinski definition) is 1. The van der Waals surface area contributed by atoms with Gasteiger partial charge in [0.15, 0.2) is 0 Å². The molecular weight excluding hydrogens is 378 g/mol. The maximum atomic E-state index is 12.7. The molecule has 3 aromatic carbocycles. The van der Waals surface area contributed by atoms with E-state index in [9.17, 15) is 9.59 Å². The van der Waals surface area contributed by atoms with E-state index in [1.807, 2.05) is 54.6 Å². The molecule has 5 heteroatoms. The first-order valence-electron chi connectivity index (χ1n) is 9.78. The first kappa shape index (κ1) is 21.1. The Bertz CT molecular complexity index is 984. The van der Waals surface area contributed by atoms with Gasteiger partial charge < -0.3 is 14.8 Å². The number of carbonyl (C=O) groups excluding carboxylic acids is 2. The number of amides is 1. The quantitative estimate of drug-likeness (QED) is 0.457. The van der Waals surface area contributed by atoms with Crippen molar-refractivity contribution in [2.75, 3.05) is 7.11 Å². The van der Waals surface area contributed by atoms with Crippen LogP contribution in [0.15, 0.2) is 78.9 Å². The van der Waals surface area contributed by atoms with Gasteiger partial charge in [-0.1, -0.05) is 54.6 Å². The minimum atomic E-state index is -0.793. The zero-order chi connectivity index (χ0) is 21.3. The third-order valence-electron chi connectivity index (χ3n) is 4.63. The fourth-order valence-corrected chi connectivity index (χ4v) is 3.17. The van der Waals surface area contributed by atoms with Crippen molar-refractivity contribution in [2.45, 2.75) is 25.8 Å². The lowest BCUT2D eigenvalue weighted by Gasteiger charge is -2.17. The second-order valence-corrected chi connectivity index (χ2v) is 7.04. The molecule has 0 saturated heterocycles. The van der Waals surface area contributed by atoms with E-state index in [0.29, 0.717) is 17.9 Å². The second-order valence-electron chi connectivity index (χ2n) is 7.04. The molecule has 0 aliphatic rings. The van der Waals surface area contributed by atoms with Crippen molar-refractivity contribution in [1.29, 1.82) is 0 Å². The maximum Gasteiger partial charge on any atom is 0.334 e. The Balaban J connectivity index is 1.66. The van der Waals surface area contributed by atoms with Crippen LogP contribution in [0.3, 0.4) is 0 Å². The number of ether oxygens (including phenoxy) is 2. The average molecular weight is 403 g/mol. The molecule has 0 aliphatic heterocycles. The number of esters is 1. The van der Waals surface area contributed by atoms with Crippen LogP contribution in [0.1, 0.15) is 23.6 Å². The van der Waals surface area contributed by atoms with Crippen LogP contribution in [0.4, 0.5) is 0 Å². The van der Waals surface area contributed by atoms with E-state index in [2.05, 4.69) is 17.4 Å². The van der Waals surface area contributed by atoms with Crippen molar-refractivity contribution in [2.24, 2.45) is 0 Å². The number of methoxy groups -OCH3 is 1. The molecule has 0 radical (unpaired) electrons. The minimum Gasteiger partial charge on any atom is -0.497 e. The normalized spacial score (nSPS) is 11.4. The largest absolute Gasteiger partial charge is 0.497 e. The van der Waals surface area contributed by atoms with Crippen LogP contribution in [0, 0.1) is 0 Å². The Morgan fingerprint density at radius 2 is 1.50 bits per heavy atom. The molecule has 3 aromatic rings. The van der Waals surface area contributed by atoms with Crippen molar-refractivity contribution in [3.05, 3.63) is 95.6 Å². The van der Waals surface area contributed by atoms with Crippen molar-refractivity contribution >= 4 is 11.9 Å². The van der Waals surface area contributed by atoms with Crippen molar-refractivity contribution in [3.63, 3.8) is 0 Å². The van der Waals surface area contributed by atoms with Crippen LogP contribution in [-0.4, -0.2) is 25.0 Å². The van der Waals surface area contributed by atoms with Gasteiger partial charge >= 0.3 is 5.97 Å². The highest BCUT2D eigenvalue weighted by Crippen LogP contribution is 2.18. The van der Waals surface area contributed by atoms with Gasteiger partial charge in [-0.15, -0.1) is 0 Å². The fraction of sp³-hybridized carbons (Fsp3) is 0.200. The van der Waals surface area contributed by atoms with E-state index < -0.39 is 12.0 Å². The molecule has 30 heavy (non-hydrogen) atoms. The second kappa shape index (κ2) is 10.3. The summed E-state index contributed by atoms with van der Waals surface area (Å²) in [6.07, 6.45) is 1.11. The van der Waals surface area contributed by atoms with Crippen molar-refractivity contribution in [1.82, 2.24) is 5.32 Å². The Hall–Kier alpha value is -3.60. The molecule has 0 bridgehead atoms. The summed E-state index contributed by atoms with van der Waals surface area (Å²) in [4.78, 5) is 24.3. The number of rotatable bonds is 8. The monoisotopic (exact) mass is 403 g/mol. The lowest BCUT2D eigenvalue weighted by molar-refractivity contribution is -0.139. The van der Waals surface area contributed by atoms with Gasteiger partial charge in [-0.2, -0.15) is 0 Å². The van der Waals surface area contributed by atoms with Crippen LogP contribution in [0.2, 0.25) is 0 Å². The van der Waals surface area contributed by atoms with Crippen molar-refractivity contribution in [3.8, 4) is 11.5 Å². The lowest BCUT2D eigenvalue weighted by Crippen LogP contribution is -2.43. The van der Waals surface area contributed by atoms with E-state index >= 15 is 0 Å². The highest BCUT2D eigenvalue weighted by molar-refractivity contribution is 5.84. The summed E-state index contributed by atoms with van der Waals surface area (Å²) in [5.41, 5.74) is 3.20. The van der Waals surface area contributed by atoms with Crippen LogP contribution in [0.25, 0.3) is 0 Å². The van der Waals surface area contributed by atoms with Gasteiger partial charge in [0.05, 0.1) is 7.11 Å². The van der Waals surface area contributed by atoms with E-state index in [1.165, 1.54) is 12.5 Å². The Morgan fingerprint density at radius 1 is 0.833 bits per heavy atom. The molecule has 0 heterocycles. The molecular formula is C25H25NO4. The van der Waals surface area contributed by atoms with E-state index in [1.54, 1.807) is 19.2 Å². The Kier molecular flexibility index (Phi) is 7.22. The van der Waals surface area contributed by atoms with E-state index in [0.717, 1.165) is 17.5 Å². The Morgan fingerprint density at radius 3 is 2.17 bits per heavy atom. The SMILES string of the molecule is COc1cccc(CC(NC(C)=O)C(=O)Oc2ccc(Cc3ccccc3)cc2)c1. The third-order valence-corrected chi connectivity index (χ3v) is 4.63. The van der Waals surface area contributed by atoms with Gasteiger partial charge in [0.25, 0.3) is 0 Å². The minimum absolute atomic E-state index is 0.293. The lowest BCUT2D eigenvalue weighted by atomic mass is 10.0. The molecule has 5 nitrogen and oxygen atoms in total. The first-order valence-corrected chi connectivity index (χ1v) is 9.78. The van der Waals surface area contributed by atoms with Crippen LogP contribution >= 0.6 is 0 Å². The van der Waals surface area contributed by atoms with Gasteiger partial charge in [-0.25, -0.2) is 4.79 Å². The summed E-state index contributed by atoms with van der Waals surface area (Å²) in [5, 5.41) is 2.68. The van der Waals surface area contributed by atoms with Crippen molar-refractivity contribution < 1.29 is 19.1 Å². The summed E-state index contributed by atoms with van der Waals surface area (Å²) in [5.74, 6) is 0.330. The molecule has 0 spiro atoms. The molecule has 154 valence electrons.